The van der Waals surface area contributed by atoms with E-state index >= 15 is 0 Å². The zero-order chi connectivity index (χ0) is 25.5. The largest absolute Gasteiger partial charge is 0.497 e. The summed E-state index contributed by atoms with van der Waals surface area (Å²) in [7, 11) is -0.733. The number of carbonyl (C=O) groups excluding carboxylic acids is 1. The summed E-state index contributed by atoms with van der Waals surface area (Å²) in [6.45, 7) is 2.41. The van der Waals surface area contributed by atoms with Crippen LogP contribution < -0.4 is 19.5 Å². The molecule has 1 aliphatic rings. The van der Waals surface area contributed by atoms with Crippen molar-refractivity contribution in [1.82, 2.24) is 10.2 Å². The molecule has 1 saturated heterocycles. The van der Waals surface area contributed by atoms with Crippen LogP contribution in [-0.4, -0.2) is 53.1 Å². The molecule has 3 aromatic carbocycles. The summed E-state index contributed by atoms with van der Waals surface area (Å²) in [5.41, 5.74) is 1.84. The Hall–Kier alpha value is -3.56. The van der Waals surface area contributed by atoms with Crippen molar-refractivity contribution < 1.29 is 22.7 Å². The Kier molecular flexibility index (Phi) is 8.12. The van der Waals surface area contributed by atoms with E-state index in [-0.39, 0.29) is 16.8 Å². The average molecular weight is 510 g/mol. The first-order valence-corrected chi connectivity index (χ1v) is 13.3. The maximum Gasteiger partial charge on any atom is 0.262 e. The van der Waals surface area contributed by atoms with E-state index in [1.54, 1.807) is 31.4 Å². The summed E-state index contributed by atoms with van der Waals surface area (Å²) in [6, 6.07) is 20.6. The van der Waals surface area contributed by atoms with Crippen LogP contribution in [0.1, 0.15) is 34.8 Å². The van der Waals surface area contributed by atoms with Gasteiger partial charge in [-0.15, -0.1) is 0 Å². The van der Waals surface area contributed by atoms with Crippen LogP contribution in [0.25, 0.3) is 0 Å². The molecule has 8 nitrogen and oxygen atoms in total. The molecule has 36 heavy (non-hydrogen) atoms. The van der Waals surface area contributed by atoms with Crippen LogP contribution in [0.2, 0.25) is 0 Å². The quantitative estimate of drug-likeness (QED) is 0.428. The number of methoxy groups -OCH3 is 2. The first kappa shape index (κ1) is 25.5. The fourth-order valence-corrected chi connectivity index (χ4v) is 5.42. The highest BCUT2D eigenvalue weighted by Gasteiger charge is 2.24. The van der Waals surface area contributed by atoms with Gasteiger partial charge < -0.3 is 14.8 Å². The standard InChI is InChI=1S/C27H31N3O5S/c1-34-22-13-9-20(10-14-22)25(30-17-5-6-18-30)19-28-27(31)21-11-15-23(16-12-21)36(32,33)29-24-7-3-4-8-26(24)35-2/h3-4,7-16,25,29H,5-6,17-19H2,1-2H3,(H,28,31)/t25-/m1/s1. The number of nitrogens with zero attached hydrogens (tertiary/aromatic N) is 1. The Labute approximate surface area is 212 Å². The summed E-state index contributed by atoms with van der Waals surface area (Å²) in [6.07, 6.45) is 2.28. The molecule has 0 unspecified atom stereocenters. The number of benzene rings is 3. The molecule has 4 rings (SSSR count). The van der Waals surface area contributed by atoms with E-state index in [1.807, 2.05) is 24.3 Å². The number of para-hydroxylation sites is 2. The smallest absolute Gasteiger partial charge is 0.262 e. The lowest BCUT2D eigenvalue weighted by molar-refractivity contribution is 0.0937. The van der Waals surface area contributed by atoms with Crippen LogP contribution in [0.3, 0.4) is 0 Å². The fraction of sp³-hybridized carbons (Fsp3) is 0.296. The van der Waals surface area contributed by atoms with Gasteiger partial charge in [0.1, 0.15) is 11.5 Å². The molecule has 0 aliphatic carbocycles. The third-order valence-corrected chi connectivity index (χ3v) is 7.70. The Morgan fingerprint density at radius 3 is 2.22 bits per heavy atom. The third kappa shape index (κ3) is 5.98. The highest BCUT2D eigenvalue weighted by Crippen LogP contribution is 2.27. The van der Waals surface area contributed by atoms with Crippen molar-refractivity contribution in [3.8, 4) is 11.5 Å². The lowest BCUT2D eigenvalue weighted by Crippen LogP contribution is -2.36. The number of amides is 1. The summed E-state index contributed by atoms with van der Waals surface area (Å²) in [5, 5.41) is 3.02. The first-order chi connectivity index (χ1) is 17.4. The zero-order valence-electron chi connectivity index (χ0n) is 20.4. The van der Waals surface area contributed by atoms with Gasteiger partial charge >= 0.3 is 0 Å². The number of hydrogen-bond acceptors (Lipinski definition) is 6. The molecule has 190 valence electrons. The van der Waals surface area contributed by atoms with Crippen molar-refractivity contribution in [3.05, 3.63) is 83.9 Å². The molecule has 1 aliphatic heterocycles. The normalized spacial score (nSPS) is 14.7. The number of likely N-dealkylation sites (tertiary alicyclic amines) is 1. The molecule has 0 saturated carbocycles. The van der Waals surface area contributed by atoms with Gasteiger partial charge in [-0.2, -0.15) is 0 Å². The average Bonchev–Trinajstić information content (AvgIpc) is 3.44. The van der Waals surface area contributed by atoms with Gasteiger partial charge in [0.2, 0.25) is 0 Å². The van der Waals surface area contributed by atoms with Gasteiger partial charge in [-0.3, -0.25) is 14.4 Å². The van der Waals surface area contributed by atoms with Crippen LogP contribution in [-0.2, 0) is 10.0 Å². The fourth-order valence-electron chi connectivity index (χ4n) is 4.35. The molecule has 0 radical (unpaired) electrons. The van der Waals surface area contributed by atoms with Crippen LogP contribution in [0.15, 0.2) is 77.7 Å². The van der Waals surface area contributed by atoms with E-state index < -0.39 is 10.0 Å². The Morgan fingerprint density at radius 1 is 0.917 bits per heavy atom. The molecule has 3 aromatic rings. The van der Waals surface area contributed by atoms with E-state index in [2.05, 4.69) is 14.9 Å². The molecule has 1 amide bonds. The summed E-state index contributed by atoms with van der Waals surface area (Å²) >= 11 is 0. The summed E-state index contributed by atoms with van der Waals surface area (Å²) < 4.78 is 38.7. The highest BCUT2D eigenvalue weighted by atomic mass is 32.2. The van der Waals surface area contributed by atoms with E-state index in [1.165, 1.54) is 31.4 Å². The molecule has 0 bridgehead atoms. The number of hydrogen-bond donors (Lipinski definition) is 2. The zero-order valence-corrected chi connectivity index (χ0v) is 21.3. The van der Waals surface area contributed by atoms with E-state index in [0.717, 1.165) is 37.2 Å². The number of rotatable bonds is 10. The van der Waals surface area contributed by atoms with Crippen LogP contribution in [0.4, 0.5) is 5.69 Å². The summed E-state index contributed by atoms with van der Waals surface area (Å²) in [5.74, 6) is 0.953. The van der Waals surface area contributed by atoms with Gasteiger partial charge in [0.15, 0.2) is 0 Å². The molecule has 1 atom stereocenters. The molecule has 0 spiro atoms. The minimum absolute atomic E-state index is 0.0482. The molecule has 0 aromatic heterocycles. The van der Waals surface area contributed by atoms with Crippen molar-refractivity contribution in [2.45, 2.75) is 23.8 Å². The number of anilines is 1. The van der Waals surface area contributed by atoms with Crippen molar-refractivity contribution >= 4 is 21.6 Å². The highest BCUT2D eigenvalue weighted by molar-refractivity contribution is 7.92. The van der Waals surface area contributed by atoms with Crippen molar-refractivity contribution in [3.63, 3.8) is 0 Å². The first-order valence-electron chi connectivity index (χ1n) is 11.8. The van der Waals surface area contributed by atoms with Crippen molar-refractivity contribution in [2.24, 2.45) is 0 Å². The molecular formula is C27H31N3O5S. The molecule has 9 heteroatoms. The molecule has 2 N–H and O–H groups in total. The van der Waals surface area contributed by atoms with Crippen LogP contribution in [0.5, 0.6) is 11.5 Å². The SMILES string of the molecule is COc1ccc([C@@H](CNC(=O)c2ccc(S(=O)(=O)Nc3ccccc3OC)cc2)N2CCCC2)cc1. The van der Waals surface area contributed by atoms with Gasteiger partial charge in [-0.1, -0.05) is 24.3 Å². The Bertz CT molecular complexity index is 1270. The van der Waals surface area contributed by atoms with Crippen LogP contribution >= 0.6 is 0 Å². The Balaban J connectivity index is 1.43. The molecule has 1 fully saturated rings. The third-order valence-electron chi connectivity index (χ3n) is 6.32. The van der Waals surface area contributed by atoms with E-state index in [9.17, 15) is 13.2 Å². The minimum atomic E-state index is -3.85. The maximum atomic E-state index is 12.9. The lowest BCUT2D eigenvalue weighted by atomic mass is 10.0. The van der Waals surface area contributed by atoms with Gasteiger partial charge in [-0.05, 0) is 80.0 Å². The number of ether oxygens (including phenoxy) is 2. The molecule has 1 heterocycles. The van der Waals surface area contributed by atoms with Gasteiger partial charge in [-0.25, -0.2) is 8.42 Å². The van der Waals surface area contributed by atoms with Gasteiger partial charge in [0, 0.05) is 12.1 Å². The van der Waals surface area contributed by atoms with Gasteiger partial charge in [0.25, 0.3) is 15.9 Å². The number of sulfonamides is 1. The van der Waals surface area contributed by atoms with Crippen molar-refractivity contribution in [1.29, 1.82) is 0 Å². The maximum absolute atomic E-state index is 12.9. The summed E-state index contributed by atoms with van der Waals surface area (Å²) in [4.78, 5) is 15.3. The predicted octanol–water partition coefficient (Wildman–Crippen LogP) is 4.07. The van der Waals surface area contributed by atoms with E-state index in [4.69, 9.17) is 9.47 Å². The van der Waals surface area contributed by atoms with E-state index in [0.29, 0.717) is 23.5 Å². The second-order valence-corrected chi connectivity index (χ2v) is 10.3. The number of carbonyl (C=O) groups is 1. The predicted molar refractivity (Wildman–Crippen MR) is 139 cm³/mol. The monoisotopic (exact) mass is 509 g/mol. The second-order valence-electron chi connectivity index (χ2n) is 8.57. The van der Waals surface area contributed by atoms with Gasteiger partial charge in [0.05, 0.1) is 30.8 Å². The minimum Gasteiger partial charge on any atom is -0.497 e. The van der Waals surface area contributed by atoms with Crippen LogP contribution in [0, 0.1) is 0 Å². The topological polar surface area (TPSA) is 97.0 Å². The number of nitrogens with one attached hydrogen (secondary N) is 2. The Morgan fingerprint density at radius 2 is 1.58 bits per heavy atom. The van der Waals surface area contributed by atoms with Crippen molar-refractivity contribution in [2.75, 3.05) is 38.6 Å². The second kappa shape index (κ2) is 11.5. The molecular weight excluding hydrogens is 478 g/mol. The lowest BCUT2D eigenvalue weighted by Gasteiger charge is -2.28.